The first-order chi connectivity index (χ1) is 12.6. The molecular weight excluding hydrogens is 344 g/mol. The Morgan fingerprint density at radius 1 is 0.731 bits per heavy atom. The standard InChI is InChI=1S/C21H18N2O2S/c24-26(25,20-13-5-2-6-14-20)22-21-15-17-9-7-8-10-18(17)16-23(21)19-11-3-1-4-12-19/h1-14H,15-16H2. The van der Waals surface area contributed by atoms with Gasteiger partial charge in [-0.05, 0) is 35.4 Å². The van der Waals surface area contributed by atoms with Crippen molar-refractivity contribution in [3.05, 3.63) is 96.1 Å². The van der Waals surface area contributed by atoms with Crippen molar-refractivity contribution in [2.75, 3.05) is 4.90 Å². The van der Waals surface area contributed by atoms with E-state index < -0.39 is 10.0 Å². The Bertz CT molecular complexity index is 1050. The van der Waals surface area contributed by atoms with Crippen LogP contribution in [0.1, 0.15) is 11.1 Å². The monoisotopic (exact) mass is 362 g/mol. The molecule has 5 heteroatoms. The smallest absolute Gasteiger partial charge is 0.283 e. The largest absolute Gasteiger partial charge is 0.324 e. The fourth-order valence-corrected chi connectivity index (χ4v) is 4.17. The summed E-state index contributed by atoms with van der Waals surface area (Å²) in [5.41, 5.74) is 3.23. The maximum atomic E-state index is 12.8. The summed E-state index contributed by atoms with van der Waals surface area (Å²) in [7, 11) is -3.76. The Labute approximate surface area is 153 Å². The van der Waals surface area contributed by atoms with Gasteiger partial charge in [-0.1, -0.05) is 60.7 Å². The van der Waals surface area contributed by atoms with E-state index in [4.69, 9.17) is 0 Å². The van der Waals surface area contributed by atoms with Gasteiger partial charge in [-0.2, -0.15) is 8.42 Å². The van der Waals surface area contributed by atoms with Crippen LogP contribution in [0.3, 0.4) is 0 Å². The lowest BCUT2D eigenvalue weighted by atomic mass is 9.98. The molecule has 0 aliphatic carbocycles. The van der Waals surface area contributed by atoms with Gasteiger partial charge in [-0.15, -0.1) is 4.40 Å². The van der Waals surface area contributed by atoms with Crippen molar-refractivity contribution in [1.82, 2.24) is 0 Å². The quantitative estimate of drug-likeness (QED) is 0.707. The molecule has 0 N–H and O–H groups in total. The molecule has 1 aliphatic heterocycles. The minimum absolute atomic E-state index is 0.208. The lowest BCUT2D eigenvalue weighted by Crippen LogP contribution is -2.37. The summed E-state index contributed by atoms with van der Waals surface area (Å²) in [6.45, 7) is 0.601. The van der Waals surface area contributed by atoms with E-state index in [1.165, 1.54) is 5.56 Å². The van der Waals surface area contributed by atoms with Crippen LogP contribution in [0.4, 0.5) is 5.69 Å². The third kappa shape index (κ3) is 3.26. The second-order valence-electron chi connectivity index (χ2n) is 6.16. The zero-order chi connectivity index (χ0) is 18.0. The number of para-hydroxylation sites is 1. The summed E-state index contributed by atoms with van der Waals surface area (Å²) < 4.78 is 29.8. The first-order valence-electron chi connectivity index (χ1n) is 8.42. The Hall–Kier alpha value is -2.92. The molecule has 0 amide bonds. The van der Waals surface area contributed by atoms with Gasteiger partial charge in [0.2, 0.25) is 0 Å². The molecule has 1 aliphatic rings. The van der Waals surface area contributed by atoms with Crippen LogP contribution in [0.25, 0.3) is 0 Å². The van der Waals surface area contributed by atoms with E-state index in [1.807, 2.05) is 53.4 Å². The van der Waals surface area contributed by atoms with Crippen molar-refractivity contribution in [2.45, 2.75) is 17.9 Å². The molecule has 0 saturated carbocycles. The lowest BCUT2D eigenvalue weighted by Gasteiger charge is -2.31. The van der Waals surface area contributed by atoms with Gasteiger partial charge in [-0.3, -0.25) is 0 Å². The molecule has 1 heterocycles. The van der Waals surface area contributed by atoms with Gasteiger partial charge in [-0.25, -0.2) is 0 Å². The Balaban J connectivity index is 1.81. The van der Waals surface area contributed by atoms with E-state index >= 15 is 0 Å². The van der Waals surface area contributed by atoms with E-state index in [0.29, 0.717) is 18.8 Å². The average molecular weight is 362 g/mol. The molecule has 0 aromatic heterocycles. The summed E-state index contributed by atoms with van der Waals surface area (Å²) in [5, 5.41) is 0. The first kappa shape index (κ1) is 16.5. The van der Waals surface area contributed by atoms with E-state index in [9.17, 15) is 8.42 Å². The van der Waals surface area contributed by atoms with Gasteiger partial charge in [0.05, 0.1) is 4.90 Å². The molecule has 0 unspecified atom stereocenters. The van der Waals surface area contributed by atoms with Crippen molar-refractivity contribution >= 4 is 21.5 Å². The third-order valence-electron chi connectivity index (χ3n) is 4.44. The normalized spacial score (nSPS) is 15.7. The Kier molecular flexibility index (Phi) is 4.31. The summed E-state index contributed by atoms with van der Waals surface area (Å²) in [5.74, 6) is 0.541. The molecular formula is C21H18N2O2S. The van der Waals surface area contributed by atoms with E-state index in [0.717, 1.165) is 11.3 Å². The number of anilines is 1. The van der Waals surface area contributed by atoms with Crippen LogP contribution in [0.2, 0.25) is 0 Å². The molecule has 26 heavy (non-hydrogen) atoms. The Morgan fingerprint density at radius 2 is 1.31 bits per heavy atom. The van der Waals surface area contributed by atoms with Crippen LogP contribution in [-0.2, 0) is 23.0 Å². The highest BCUT2D eigenvalue weighted by Crippen LogP contribution is 2.27. The fourth-order valence-electron chi connectivity index (χ4n) is 3.13. The lowest BCUT2D eigenvalue weighted by molar-refractivity contribution is 0.597. The maximum absolute atomic E-state index is 12.8. The highest BCUT2D eigenvalue weighted by atomic mass is 32.2. The van der Waals surface area contributed by atoms with Crippen molar-refractivity contribution in [1.29, 1.82) is 0 Å². The highest BCUT2D eigenvalue weighted by Gasteiger charge is 2.25. The molecule has 130 valence electrons. The molecule has 0 radical (unpaired) electrons. The van der Waals surface area contributed by atoms with Gasteiger partial charge < -0.3 is 4.90 Å². The van der Waals surface area contributed by atoms with Crippen molar-refractivity contribution in [2.24, 2.45) is 4.40 Å². The van der Waals surface area contributed by atoms with E-state index in [2.05, 4.69) is 10.5 Å². The molecule has 0 saturated heterocycles. The number of benzene rings is 3. The van der Waals surface area contributed by atoms with Crippen LogP contribution in [0, 0.1) is 0 Å². The number of hydrogen-bond donors (Lipinski definition) is 0. The first-order valence-corrected chi connectivity index (χ1v) is 9.86. The summed E-state index contributed by atoms with van der Waals surface area (Å²) in [4.78, 5) is 2.18. The molecule has 0 fully saturated rings. The topological polar surface area (TPSA) is 49.7 Å². The minimum atomic E-state index is -3.76. The predicted octanol–water partition coefficient (Wildman–Crippen LogP) is 4.04. The SMILES string of the molecule is O=S(=O)(N=C1Cc2ccccc2CN1c1ccccc1)c1ccccc1. The van der Waals surface area contributed by atoms with Crippen molar-refractivity contribution in [3.63, 3.8) is 0 Å². The zero-order valence-electron chi connectivity index (χ0n) is 14.1. The summed E-state index contributed by atoms with van der Waals surface area (Å²) in [6.07, 6.45) is 0.483. The average Bonchev–Trinajstić information content (AvgIpc) is 2.68. The zero-order valence-corrected chi connectivity index (χ0v) is 14.9. The number of amidine groups is 1. The summed E-state index contributed by atoms with van der Waals surface area (Å²) in [6, 6.07) is 26.2. The summed E-state index contributed by atoms with van der Waals surface area (Å²) >= 11 is 0. The van der Waals surface area contributed by atoms with Crippen LogP contribution in [0.5, 0.6) is 0 Å². The predicted molar refractivity (Wildman–Crippen MR) is 104 cm³/mol. The van der Waals surface area contributed by atoms with Gasteiger partial charge in [0.25, 0.3) is 10.0 Å². The van der Waals surface area contributed by atoms with Crippen LogP contribution in [-0.4, -0.2) is 14.3 Å². The van der Waals surface area contributed by atoms with Crippen molar-refractivity contribution in [3.8, 4) is 0 Å². The number of rotatable bonds is 3. The van der Waals surface area contributed by atoms with Crippen molar-refractivity contribution < 1.29 is 8.42 Å². The highest BCUT2D eigenvalue weighted by molar-refractivity contribution is 7.90. The molecule has 4 rings (SSSR count). The second kappa shape index (κ2) is 6.77. The molecule has 0 bridgehead atoms. The maximum Gasteiger partial charge on any atom is 0.283 e. The number of hydrogen-bond acceptors (Lipinski definition) is 2. The minimum Gasteiger partial charge on any atom is -0.324 e. The molecule has 3 aromatic carbocycles. The van der Waals surface area contributed by atoms with Gasteiger partial charge in [0.15, 0.2) is 0 Å². The Morgan fingerprint density at radius 3 is 2.00 bits per heavy atom. The van der Waals surface area contributed by atoms with Crippen LogP contribution < -0.4 is 4.90 Å². The molecule has 0 atom stereocenters. The molecule has 0 spiro atoms. The van der Waals surface area contributed by atoms with Gasteiger partial charge in [0.1, 0.15) is 5.84 Å². The van der Waals surface area contributed by atoms with Crippen LogP contribution in [0.15, 0.2) is 94.2 Å². The molecule has 3 aromatic rings. The van der Waals surface area contributed by atoms with Crippen LogP contribution >= 0.6 is 0 Å². The van der Waals surface area contributed by atoms with Gasteiger partial charge in [0, 0.05) is 18.7 Å². The number of fused-ring (bicyclic) bond motifs is 1. The number of nitrogens with zero attached hydrogens (tertiary/aromatic N) is 2. The second-order valence-corrected chi connectivity index (χ2v) is 7.77. The van der Waals surface area contributed by atoms with Gasteiger partial charge >= 0.3 is 0 Å². The number of sulfonamides is 1. The third-order valence-corrected chi connectivity index (χ3v) is 5.76. The van der Waals surface area contributed by atoms with E-state index in [1.54, 1.807) is 30.3 Å². The molecule has 4 nitrogen and oxygen atoms in total. The van der Waals surface area contributed by atoms with E-state index in [-0.39, 0.29) is 4.90 Å². The fraction of sp³-hybridized carbons (Fsp3) is 0.0952.